The number of hydrazone groups is 1. The summed E-state index contributed by atoms with van der Waals surface area (Å²) in [6, 6.07) is 10.4. The van der Waals surface area contributed by atoms with Crippen molar-refractivity contribution in [2.75, 3.05) is 0 Å². The molecule has 2 aromatic rings. The van der Waals surface area contributed by atoms with Crippen LogP contribution in [0, 0.1) is 0 Å². The Kier molecular flexibility index (Phi) is 3.57. The van der Waals surface area contributed by atoms with Gasteiger partial charge in [-0.1, -0.05) is 17.7 Å². The third kappa shape index (κ3) is 3.19. The first-order valence-electron chi connectivity index (χ1n) is 4.98. The molecule has 2 N–H and O–H groups in total. The van der Waals surface area contributed by atoms with Gasteiger partial charge >= 0.3 is 0 Å². The van der Waals surface area contributed by atoms with Gasteiger partial charge in [0.05, 0.1) is 11.9 Å². The fourth-order valence-corrected chi connectivity index (χ4v) is 1.47. The second-order valence-corrected chi connectivity index (χ2v) is 3.77. The second-order valence-electron chi connectivity index (χ2n) is 3.33. The van der Waals surface area contributed by atoms with Gasteiger partial charge in [-0.25, -0.2) is 5.43 Å². The predicted octanol–water partition coefficient (Wildman–Crippen LogP) is 2.43. The quantitative estimate of drug-likeness (QED) is 0.635. The highest BCUT2D eigenvalue weighted by Crippen LogP contribution is 2.10. The van der Waals surface area contributed by atoms with Crippen LogP contribution in [0.3, 0.4) is 0 Å². The Morgan fingerprint density at radius 3 is 2.94 bits per heavy atom. The minimum atomic E-state index is -0.296. The number of hydrogen-bond donors (Lipinski definition) is 2. The largest absolute Gasteiger partial charge is 0.360 e. The molecule has 0 unspecified atom stereocenters. The summed E-state index contributed by atoms with van der Waals surface area (Å²) in [6.45, 7) is 0. The summed E-state index contributed by atoms with van der Waals surface area (Å²) in [4.78, 5) is 14.6. The van der Waals surface area contributed by atoms with E-state index in [9.17, 15) is 4.79 Å². The number of hydrogen-bond acceptors (Lipinski definition) is 2. The number of amides is 1. The summed E-state index contributed by atoms with van der Waals surface area (Å²) < 4.78 is 0. The van der Waals surface area contributed by atoms with E-state index < -0.39 is 0 Å². The number of aromatic amines is 1. The van der Waals surface area contributed by atoms with Gasteiger partial charge in [0.15, 0.2) is 0 Å². The monoisotopic (exact) mass is 247 g/mol. The van der Waals surface area contributed by atoms with Crippen LogP contribution in [0.5, 0.6) is 0 Å². The van der Waals surface area contributed by atoms with E-state index in [-0.39, 0.29) is 5.91 Å². The summed E-state index contributed by atoms with van der Waals surface area (Å²) >= 11 is 5.78. The number of rotatable bonds is 3. The number of nitrogens with zero attached hydrogens (tertiary/aromatic N) is 1. The maximum atomic E-state index is 11.6. The van der Waals surface area contributed by atoms with Gasteiger partial charge < -0.3 is 4.98 Å². The highest BCUT2D eigenvalue weighted by Gasteiger charge is 2.03. The van der Waals surface area contributed by atoms with Gasteiger partial charge in [0.25, 0.3) is 5.91 Å². The lowest BCUT2D eigenvalue weighted by molar-refractivity contribution is 0.0955. The minimum absolute atomic E-state index is 0.296. The zero-order valence-corrected chi connectivity index (χ0v) is 9.61. The van der Waals surface area contributed by atoms with Crippen LogP contribution in [0.15, 0.2) is 47.7 Å². The number of carbonyl (C=O) groups excluding carboxylic acids is 1. The fourth-order valence-electron chi connectivity index (χ4n) is 1.28. The van der Waals surface area contributed by atoms with Crippen molar-refractivity contribution in [3.05, 3.63) is 58.9 Å². The van der Waals surface area contributed by atoms with Crippen LogP contribution < -0.4 is 5.43 Å². The number of halogens is 1. The van der Waals surface area contributed by atoms with Crippen molar-refractivity contribution in [2.24, 2.45) is 5.10 Å². The summed E-state index contributed by atoms with van der Waals surface area (Å²) in [5.41, 5.74) is 3.71. The number of carbonyl (C=O) groups is 1. The van der Waals surface area contributed by atoms with Crippen LogP contribution in [-0.4, -0.2) is 17.1 Å². The number of H-pyrrole nitrogens is 1. The summed E-state index contributed by atoms with van der Waals surface area (Å²) in [6.07, 6.45) is 3.31. The van der Waals surface area contributed by atoms with Gasteiger partial charge in [-0.15, -0.1) is 0 Å². The fraction of sp³-hybridized carbons (Fsp3) is 0. The van der Waals surface area contributed by atoms with E-state index in [1.807, 2.05) is 12.1 Å². The van der Waals surface area contributed by atoms with E-state index in [1.165, 1.54) is 6.21 Å². The summed E-state index contributed by atoms with van der Waals surface area (Å²) in [7, 11) is 0. The van der Waals surface area contributed by atoms with E-state index in [0.29, 0.717) is 10.6 Å². The lowest BCUT2D eigenvalue weighted by Crippen LogP contribution is -2.17. The molecule has 5 heteroatoms. The van der Waals surface area contributed by atoms with E-state index in [0.717, 1.165) is 5.69 Å². The molecular formula is C12H10ClN3O. The SMILES string of the molecule is O=C(N/N=C/c1ccc[nH]1)c1cccc(Cl)c1. The zero-order chi connectivity index (χ0) is 12.1. The van der Waals surface area contributed by atoms with Crippen LogP contribution in [0.25, 0.3) is 0 Å². The molecule has 0 atom stereocenters. The lowest BCUT2D eigenvalue weighted by Gasteiger charge is -1.99. The number of nitrogens with one attached hydrogen (secondary N) is 2. The lowest BCUT2D eigenvalue weighted by atomic mass is 10.2. The molecule has 1 aromatic heterocycles. The van der Waals surface area contributed by atoms with Crippen molar-refractivity contribution in [1.82, 2.24) is 10.4 Å². The van der Waals surface area contributed by atoms with E-state index in [1.54, 1.807) is 30.5 Å². The van der Waals surface area contributed by atoms with Crippen LogP contribution in [0.4, 0.5) is 0 Å². The molecule has 1 aromatic carbocycles. The average molecular weight is 248 g/mol. The van der Waals surface area contributed by atoms with E-state index in [4.69, 9.17) is 11.6 Å². The third-order valence-electron chi connectivity index (χ3n) is 2.08. The topological polar surface area (TPSA) is 57.2 Å². The Hall–Kier alpha value is -2.07. The molecule has 0 saturated heterocycles. The Morgan fingerprint density at radius 1 is 1.35 bits per heavy atom. The Bertz CT molecular complexity index is 534. The van der Waals surface area contributed by atoms with Crippen molar-refractivity contribution in [2.45, 2.75) is 0 Å². The molecule has 0 spiro atoms. The van der Waals surface area contributed by atoms with Gasteiger partial charge in [-0.3, -0.25) is 4.79 Å². The van der Waals surface area contributed by atoms with Gasteiger partial charge in [-0.05, 0) is 30.3 Å². The van der Waals surface area contributed by atoms with Gasteiger partial charge in [0, 0.05) is 16.8 Å². The van der Waals surface area contributed by atoms with E-state index >= 15 is 0 Å². The molecule has 0 bridgehead atoms. The molecule has 0 aliphatic carbocycles. The molecule has 4 nitrogen and oxygen atoms in total. The molecule has 1 amide bonds. The molecule has 1 heterocycles. The van der Waals surface area contributed by atoms with Crippen LogP contribution in [-0.2, 0) is 0 Å². The highest BCUT2D eigenvalue weighted by atomic mass is 35.5. The average Bonchev–Trinajstić information content (AvgIpc) is 2.82. The Labute approximate surface area is 103 Å². The third-order valence-corrected chi connectivity index (χ3v) is 2.31. The maximum Gasteiger partial charge on any atom is 0.271 e. The predicted molar refractivity (Wildman–Crippen MR) is 67.3 cm³/mol. The normalized spacial score (nSPS) is 10.6. The van der Waals surface area contributed by atoms with Crippen molar-refractivity contribution in [3.8, 4) is 0 Å². The second kappa shape index (κ2) is 5.32. The van der Waals surface area contributed by atoms with Crippen LogP contribution >= 0.6 is 11.6 Å². The maximum absolute atomic E-state index is 11.6. The molecule has 0 radical (unpaired) electrons. The van der Waals surface area contributed by atoms with Crippen molar-refractivity contribution in [1.29, 1.82) is 0 Å². The van der Waals surface area contributed by atoms with Gasteiger partial charge in [-0.2, -0.15) is 5.10 Å². The molecule has 0 aliphatic rings. The number of aromatic nitrogens is 1. The standard InChI is InChI=1S/C12H10ClN3O/c13-10-4-1-3-9(7-10)12(17)16-15-8-11-5-2-6-14-11/h1-8,14H,(H,16,17)/b15-8+. The molecule has 0 aliphatic heterocycles. The summed E-state index contributed by atoms with van der Waals surface area (Å²) in [5, 5.41) is 4.34. The zero-order valence-electron chi connectivity index (χ0n) is 8.85. The molecule has 0 saturated carbocycles. The molecular weight excluding hydrogens is 238 g/mol. The van der Waals surface area contributed by atoms with Crippen molar-refractivity contribution >= 4 is 23.7 Å². The van der Waals surface area contributed by atoms with Crippen LogP contribution in [0.2, 0.25) is 5.02 Å². The van der Waals surface area contributed by atoms with Gasteiger partial charge in [0.1, 0.15) is 0 Å². The first-order valence-corrected chi connectivity index (χ1v) is 5.36. The van der Waals surface area contributed by atoms with Crippen molar-refractivity contribution in [3.63, 3.8) is 0 Å². The number of benzene rings is 1. The Morgan fingerprint density at radius 2 is 2.24 bits per heavy atom. The Balaban J connectivity index is 1.98. The molecule has 17 heavy (non-hydrogen) atoms. The first kappa shape index (κ1) is 11.4. The smallest absolute Gasteiger partial charge is 0.271 e. The minimum Gasteiger partial charge on any atom is -0.360 e. The molecule has 86 valence electrons. The molecule has 2 rings (SSSR count). The summed E-state index contributed by atoms with van der Waals surface area (Å²) in [5.74, 6) is -0.296. The van der Waals surface area contributed by atoms with Gasteiger partial charge in [0.2, 0.25) is 0 Å². The van der Waals surface area contributed by atoms with E-state index in [2.05, 4.69) is 15.5 Å². The highest BCUT2D eigenvalue weighted by molar-refractivity contribution is 6.30. The first-order chi connectivity index (χ1) is 8.25. The van der Waals surface area contributed by atoms with Crippen LogP contribution in [0.1, 0.15) is 16.1 Å². The molecule has 0 fully saturated rings. The van der Waals surface area contributed by atoms with Crippen molar-refractivity contribution < 1.29 is 4.79 Å².